The van der Waals surface area contributed by atoms with Crippen LogP contribution in [0.15, 0.2) is 10.6 Å². The largest absolute Gasteiger partial charge is 0.360 e. The first-order valence-corrected chi connectivity index (χ1v) is 9.32. The second-order valence-corrected chi connectivity index (χ2v) is 7.12. The molecule has 0 radical (unpaired) electrons. The van der Waals surface area contributed by atoms with Crippen LogP contribution in [0.25, 0.3) is 0 Å². The number of hydrogen-bond acceptors (Lipinski definition) is 5. The zero-order valence-electron chi connectivity index (χ0n) is 15.2. The first-order chi connectivity index (χ1) is 12.1. The second-order valence-electron chi connectivity index (χ2n) is 7.12. The molecule has 2 amide bonds. The molecule has 7 nitrogen and oxygen atoms in total. The van der Waals surface area contributed by atoms with Crippen molar-refractivity contribution in [2.45, 2.75) is 39.5 Å². The zero-order valence-corrected chi connectivity index (χ0v) is 15.2. The maximum absolute atomic E-state index is 12.7. The fraction of sp³-hybridized carbons (Fsp3) is 0.722. The standard InChI is InChI=1S/C18H28N4O3/c1-3-21-8-10-22(11-9-21)18(24)15-6-4-14(5-7-15)17(23)19-16-12-13(2)25-20-16/h12,14-15H,3-11H2,1-2H3,(H,19,20,23). The van der Waals surface area contributed by atoms with Gasteiger partial charge in [0, 0.05) is 44.1 Å². The van der Waals surface area contributed by atoms with Crippen LogP contribution in [0.2, 0.25) is 0 Å². The highest BCUT2D eigenvalue weighted by molar-refractivity contribution is 5.91. The molecule has 138 valence electrons. The Bertz CT molecular complexity index is 599. The van der Waals surface area contributed by atoms with E-state index in [9.17, 15) is 9.59 Å². The zero-order chi connectivity index (χ0) is 17.8. The van der Waals surface area contributed by atoms with Crippen LogP contribution in [0.5, 0.6) is 0 Å². The van der Waals surface area contributed by atoms with Gasteiger partial charge in [-0.05, 0) is 39.2 Å². The molecule has 2 fully saturated rings. The molecule has 0 spiro atoms. The van der Waals surface area contributed by atoms with Gasteiger partial charge in [0.1, 0.15) is 5.76 Å². The molecule has 0 unspecified atom stereocenters. The molecule has 1 aliphatic heterocycles. The Labute approximate surface area is 148 Å². The predicted octanol–water partition coefficient (Wildman–Crippen LogP) is 1.89. The molecule has 2 heterocycles. The Kier molecular flexibility index (Phi) is 5.73. The monoisotopic (exact) mass is 348 g/mol. The van der Waals surface area contributed by atoms with E-state index in [2.05, 4.69) is 22.3 Å². The lowest BCUT2D eigenvalue weighted by molar-refractivity contribution is -0.139. The van der Waals surface area contributed by atoms with E-state index in [0.717, 1.165) is 58.4 Å². The number of carbonyl (C=O) groups is 2. The molecule has 1 saturated heterocycles. The summed E-state index contributed by atoms with van der Waals surface area (Å²) in [5.41, 5.74) is 0. The van der Waals surface area contributed by atoms with Crippen LogP contribution >= 0.6 is 0 Å². The highest BCUT2D eigenvalue weighted by atomic mass is 16.5. The van der Waals surface area contributed by atoms with Crippen LogP contribution in [-0.4, -0.2) is 59.5 Å². The van der Waals surface area contributed by atoms with E-state index in [1.165, 1.54) is 0 Å². The molecule has 0 aromatic carbocycles. The number of anilines is 1. The number of hydrogen-bond donors (Lipinski definition) is 1. The summed E-state index contributed by atoms with van der Waals surface area (Å²) in [5.74, 6) is 1.43. The molecule has 1 aliphatic carbocycles. The van der Waals surface area contributed by atoms with Gasteiger partial charge in [-0.2, -0.15) is 0 Å². The van der Waals surface area contributed by atoms with Gasteiger partial charge < -0.3 is 19.6 Å². The molecule has 1 N–H and O–H groups in total. The molecule has 0 bridgehead atoms. The van der Waals surface area contributed by atoms with Crippen molar-refractivity contribution in [1.82, 2.24) is 15.0 Å². The third kappa shape index (κ3) is 4.39. The van der Waals surface area contributed by atoms with E-state index in [1.54, 1.807) is 13.0 Å². The summed E-state index contributed by atoms with van der Waals surface area (Å²) in [6.07, 6.45) is 3.10. The van der Waals surface area contributed by atoms with Gasteiger partial charge in [-0.1, -0.05) is 12.1 Å². The van der Waals surface area contributed by atoms with Gasteiger partial charge >= 0.3 is 0 Å². The molecule has 7 heteroatoms. The van der Waals surface area contributed by atoms with E-state index in [-0.39, 0.29) is 23.7 Å². The fourth-order valence-corrected chi connectivity index (χ4v) is 3.80. The fourth-order valence-electron chi connectivity index (χ4n) is 3.80. The predicted molar refractivity (Wildman–Crippen MR) is 94.0 cm³/mol. The van der Waals surface area contributed by atoms with Gasteiger partial charge in [-0.15, -0.1) is 0 Å². The van der Waals surface area contributed by atoms with Crippen molar-refractivity contribution in [3.8, 4) is 0 Å². The van der Waals surface area contributed by atoms with Crippen molar-refractivity contribution < 1.29 is 14.1 Å². The molecule has 1 aromatic rings. The van der Waals surface area contributed by atoms with Crippen molar-refractivity contribution in [2.75, 3.05) is 38.0 Å². The van der Waals surface area contributed by atoms with E-state index >= 15 is 0 Å². The summed E-state index contributed by atoms with van der Waals surface area (Å²) in [4.78, 5) is 29.4. The average molecular weight is 348 g/mol. The highest BCUT2D eigenvalue weighted by Crippen LogP contribution is 2.31. The van der Waals surface area contributed by atoms with Gasteiger partial charge in [0.15, 0.2) is 5.82 Å². The average Bonchev–Trinajstić information content (AvgIpc) is 3.06. The number of likely N-dealkylation sites (N-methyl/N-ethyl adjacent to an activating group) is 1. The SMILES string of the molecule is CCN1CCN(C(=O)C2CCC(C(=O)Nc3cc(C)on3)CC2)CC1. The molecule has 2 aliphatic rings. The Morgan fingerprint density at radius 2 is 1.80 bits per heavy atom. The molecule has 3 rings (SSSR count). The summed E-state index contributed by atoms with van der Waals surface area (Å²) >= 11 is 0. The molecule has 25 heavy (non-hydrogen) atoms. The third-order valence-electron chi connectivity index (χ3n) is 5.46. The summed E-state index contributed by atoms with van der Waals surface area (Å²) in [6, 6.07) is 1.71. The number of nitrogens with one attached hydrogen (secondary N) is 1. The summed E-state index contributed by atoms with van der Waals surface area (Å²) < 4.78 is 4.97. The maximum Gasteiger partial charge on any atom is 0.228 e. The Balaban J connectivity index is 1.45. The Morgan fingerprint density at radius 3 is 2.36 bits per heavy atom. The van der Waals surface area contributed by atoms with Crippen LogP contribution < -0.4 is 5.32 Å². The van der Waals surface area contributed by atoms with E-state index < -0.39 is 0 Å². The minimum absolute atomic E-state index is 0.0178. The minimum Gasteiger partial charge on any atom is -0.360 e. The lowest BCUT2D eigenvalue weighted by atomic mass is 9.81. The molecular formula is C18H28N4O3. The van der Waals surface area contributed by atoms with Gasteiger partial charge in [0.25, 0.3) is 0 Å². The van der Waals surface area contributed by atoms with Crippen molar-refractivity contribution in [3.05, 3.63) is 11.8 Å². The van der Waals surface area contributed by atoms with Crippen LogP contribution in [0.4, 0.5) is 5.82 Å². The number of carbonyl (C=O) groups excluding carboxylic acids is 2. The van der Waals surface area contributed by atoms with Crippen molar-refractivity contribution in [2.24, 2.45) is 11.8 Å². The van der Waals surface area contributed by atoms with Crippen molar-refractivity contribution in [3.63, 3.8) is 0 Å². The first-order valence-electron chi connectivity index (χ1n) is 9.32. The van der Waals surface area contributed by atoms with Crippen LogP contribution in [0, 0.1) is 18.8 Å². The van der Waals surface area contributed by atoms with Gasteiger partial charge in [-0.25, -0.2) is 0 Å². The molecule has 0 atom stereocenters. The Hall–Kier alpha value is -1.89. The number of aryl methyl sites for hydroxylation is 1. The summed E-state index contributed by atoms with van der Waals surface area (Å²) in [6.45, 7) is 8.60. The van der Waals surface area contributed by atoms with E-state index in [1.807, 2.05) is 4.90 Å². The smallest absolute Gasteiger partial charge is 0.228 e. The van der Waals surface area contributed by atoms with Crippen LogP contribution in [0.3, 0.4) is 0 Å². The lowest BCUT2D eigenvalue weighted by Crippen LogP contribution is -2.50. The molecular weight excluding hydrogens is 320 g/mol. The normalized spacial score (nSPS) is 25.0. The number of nitrogens with zero attached hydrogens (tertiary/aromatic N) is 3. The topological polar surface area (TPSA) is 78.7 Å². The summed E-state index contributed by atoms with van der Waals surface area (Å²) in [7, 11) is 0. The number of piperazine rings is 1. The van der Waals surface area contributed by atoms with E-state index in [0.29, 0.717) is 11.6 Å². The maximum atomic E-state index is 12.7. The summed E-state index contributed by atoms with van der Waals surface area (Å²) in [5, 5.41) is 6.60. The number of aromatic nitrogens is 1. The third-order valence-corrected chi connectivity index (χ3v) is 5.46. The first kappa shape index (κ1) is 17.9. The lowest BCUT2D eigenvalue weighted by Gasteiger charge is -2.37. The second kappa shape index (κ2) is 7.99. The number of rotatable bonds is 4. The minimum atomic E-state index is -0.0435. The number of amides is 2. The quantitative estimate of drug-likeness (QED) is 0.899. The van der Waals surface area contributed by atoms with E-state index in [4.69, 9.17) is 4.52 Å². The van der Waals surface area contributed by atoms with Crippen molar-refractivity contribution >= 4 is 17.6 Å². The molecule has 1 saturated carbocycles. The van der Waals surface area contributed by atoms with Gasteiger partial charge in [0.2, 0.25) is 11.8 Å². The van der Waals surface area contributed by atoms with Crippen molar-refractivity contribution in [1.29, 1.82) is 0 Å². The highest BCUT2D eigenvalue weighted by Gasteiger charge is 2.33. The van der Waals surface area contributed by atoms with Crippen LogP contribution in [-0.2, 0) is 9.59 Å². The van der Waals surface area contributed by atoms with Gasteiger partial charge in [-0.3, -0.25) is 9.59 Å². The molecule has 1 aromatic heterocycles. The van der Waals surface area contributed by atoms with Gasteiger partial charge in [0.05, 0.1) is 0 Å². The van der Waals surface area contributed by atoms with Crippen LogP contribution in [0.1, 0.15) is 38.4 Å². The Morgan fingerprint density at radius 1 is 1.16 bits per heavy atom.